The minimum absolute atomic E-state index is 0.315. The predicted molar refractivity (Wildman–Crippen MR) is 68.0 cm³/mol. The summed E-state index contributed by atoms with van der Waals surface area (Å²) in [4.78, 5) is 11.3. The summed E-state index contributed by atoms with van der Waals surface area (Å²) in [5, 5.41) is 13.7. The van der Waals surface area contributed by atoms with E-state index in [1.807, 2.05) is 0 Å². The molecule has 0 atom stereocenters. The van der Waals surface area contributed by atoms with Gasteiger partial charge in [0.05, 0.1) is 6.04 Å². The van der Waals surface area contributed by atoms with E-state index in [-0.39, 0.29) is 0 Å². The third-order valence-electron chi connectivity index (χ3n) is 4.33. The maximum Gasteiger partial charge on any atom is 0.356 e. The third-order valence-corrected chi connectivity index (χ3v) is 4.33. The Labute approximate surface area is 107 Å². The van der Waals surface area contributed by atoms with E-state index in [2.05, 4.69) is 9.78 Å². The average Bonchev–Trinajstić information content (AvgIpc) is 2.79. The zero-order chi connectivity index (χ0) is 12.5. The fraction of sp³-hybridized carbons (Fsp3) is 0.714. The molecule has 18 heavy (non-hydrogen) atoms. The summed E-state index contributed by atoms with van der Waals surface area (Å²) < 4.78 is 2.07. The van der Waals surface area contributed by atoms with Crippen molar-refractivity contribution in [3.05, 3.63) is 17.0 Å². The lowest BCUT2D eigenvalue weighted by molar-refractivity contribution is 0.0687. The molecule has 2 aliphatic carbocycles. The van der Waals surface area contributed by atoms with Crippen LogP contribution in [0, 0.1) is 0 Å². The monoisotopic (exact) mass is 248 g/mol. The molecule has 1 aromatic heterocycles. The molecule has 0 aliphatic heterocycles. The molecule has 0 aromatic carbocycles. The van der Waals surface area contributed by atoms with Gasteiger partial charge < -0.3 is 5.11 Å². The Morgan fingerprint density at radius 2 is 1.83 bits per heavy atom. The molecule has 98 valence electrons. The molecule has 0 amide bonds. The fourth-order valence-corrected chi connectivity index (χ4v) is 3.43. The van der Waals surface area contributed by atoms with Crippen LogP contribution in [-0.4, -0.2) is 20.9 Å². The van der Waals surface area contributed by atoms with Gasteiger partial charge in [-0.3, -0.25) is 4.68 Å². The number of aromatic nitrogens is 2. The first-order chi connectivity index (χ1) is 8.77. The van der Waals surface area contributed by atoms with Gasteiger partial charge in [0.1, 0.15) is 0 Å². The summed E-state index contributed by atoms with van der Waals surface area (Å²) in [7, 11) is 0. The Balaban J connectivity index is 2.00. The van der Waals surface area contributed by atoms with Gasteiger partial charge in [-0.15, -0.1) is 0 Å². The van der Waals surface area contributed by atoms with Crippen molar-refractivity contribution in [2.45, 2.75) is 63.8 Å². The van der Waals surface area contributed by atoms with E-state index in [1.54, 1.807) is 0 Å². The standard InChI is InChI=1S/C14H20N2O2/c17-14(18)13-11-8-4-5-9-12(11)16(15-13)10-6-2-1-3-7-10/h10H,1-9H2,(H,17,18). The Morgan fingerprint density at radius 1 is 1.11 bits per heavy atom. The van der Waals surface area contributed by atoms with Crippen molar-refractivity contribution in [1.82, 2.24) is 9.78 Å². The Kier molecular flexibility index (Phi) is 3.10. The second-order valence-electron chi connectivity index (χ2n) is 5.52. The Morgan fingerprint density at radius 3 is 2.56 bits per heavy atom. The number of carboxylic acid groups (broad SMARTS) is 1. The molecule has 4 nitrogen and oxygen atoms in total. The van der Waals surface area contributed by atoms with Gasteiger partial charge in [0.15, 0.2) is 5.69 Å². The number of carboxylic acids is 1. The molecule has 2 aliphatic rings. The molecule has 0 bridgehead atoms. The van der Waals surface area contributed by atoms with Gasteiger partial charge >= 0.3 is 5.97 Å². The topological polar surface area (TPSA) is 55.1 Å². The summed E-state index contributed by atoms with van der Waals surface area (Å²) in [6, 6.07) is 0.443. The van der Waals surface area contributed by atoms with Crippen LogP contribution in [-0.2, 0) is 12.8 Å². The molecule has 1 aromatic rings. The second kappa shape index (κ2) is 4.75. The van der Waals surface area contributed by atoms with Gasteiger partial charge in [-0.1, -0.05) is 19.3 Å². The largest absolute Gasteiger partial charge is 0.476 e. The molecule has 1 fully saturated rings. The molecule has 1 saturated carbocycles. The van der Waals surface area contributed by atoms with Crippen molar-refractivity contribution >= 4 is 5.97 Å². The quantitative estimate of drug-likeness (QED) is 0.875. The average molecular weight is 248 g/mol. The highest BCUT2D eigenvalue weighted by atomic mass is 16.4. The van der Waals surface area contributed by atoms with E-state index in [0.717, 1.165) is 37.7 Å². The second-order valence-corrected chi connectivity index (χ2v) is 5.52. The molecule has 1 heterocycles. The zero-order valence-corrected chi connectivity index (χ0v) is 10.7. The third kappa shape index (κ3) is 1.93. The van der Waals surface area contributed by atoms with Gasteiger partial charge in [0.25, 0.3) is 0 Å². The number of nitrogens with zero attached hydrogens (tertiary/aromatic N) is 2. The lowest BCUT2D eigenvalue weighted by atomic mass is 9.93. The van der Waals surface area contributed by atoms with Crippen molar-refractivity contribution in [3.63, 3.8) is 0 Å². The van der Waals surface area contributed by atoms with Gasteiger partial charge in [-0.25, -0.2) is 4.79 Å². The maximum atomic E-state index is 11.3. The van der Waals surface area contributed by atoms with Crippen LogP contribution in [0.5, 0.6) is 0 Å². The van der Waals surface area contributed by atoms with Crippen LogP contribution >= 0.6 is 0 Å². The smallest absolute Gasteiger partial charge is 0.356 e. The van der Waals surface area contributed by atoms with Crippen LogP contribution in [0.25, 0.3) is 0 Å². The summed E-state index contributed by atoms with van der Waals surface area (Å²) in [5.41, 5.74) is 2.54. The van der Waals surface area contributed by atoms with Crippen LogP contribution in [0.3, 0.4) is 0 Å². The first kappa shape index (κ1) is 11.8. The molecule has 4 heteroatoms. The molecule has 0 saturated heterocycles. The number of fused-ring (bicyclic) bond motifs is 1. The lowest BCUT2D eigenvalue weighted by Gasteiger charge is -2.25. The zero-order valence-electron chi connectivity index (χ0n) is 10.7. The van der Waals surface area contributed by atoms with E-state index in [9.17, 15) is 9.90 Å². The minimum atomic E-state index is -0.859. The van der Waals surface area contributed by atoms with E-state index in [1.165, 1.54) is 31.4 Å². The summed E-state index contributed by atoms with van der Waals surface area (Å²) in [6.07, 6.45) is 10.3. The highest BCUT2D eigenvalue weighted by Crippen LogP contribution is 2.33. The van der Waals surface area contributed by atoms with Gasteiger partial charge in [0, 0.05) is 11.3 Å². The van der Waals surface area contributed by atoms with Crippen LogP contribution in [0.2, 0.25) is 0 Å². The number of aromatic carboxylic acids is 1. The summed E-state index contributed by atoms with van der Waals surface area (Å²) in [5.74, 6) is -0.859. The fourth-order valence-electron chi connectivity index (χ4n) is 3.43. The SMILES string of the molecule is O=C(O)c1nn(C2CCCCC2)c2c1CCCC2. The first-order valence-electron chi connectivity index (χ1n) is 7.11. The molecule has 0 radical (unpaired) electrons. The lowest BCUT2D eigenvalue weighted by Crippen LogP contribution is -2.18. The van der Waals surface area contributed by atoms with Crippen LogP contribution in [0.1, 0.15) is 72.7 Å². The normalized spacial score (nSPS) is 20.7. The number of hydrogen-bond acceptors (Lipinski definition) is 2. The van der Waals surface area contributed by atoms with Gasteiger partial charge in [-0.2, -0.15) is 5.10 Å². The highest BCUT2D eigenvalue weighted by Gasteiger charge is 2.28. The van der Waals surface area contributed by atoms with Crippen molar-refractivity contribution < 1.29 is 9.90 Å². The molecule has 0 unspecified atom stereocenters. The Bertz CT molecular complexity index is 459. The molecular weight excluding hydrogens is 228 g/mol. The van der Waals surface area contributed by atoms with Gasteiger partial charge in [-0.05, 0) is 38.5 Å². The van der Waals surface area contributed by atoms with E-state index >= 15 is 0 Å². The van der Waals surface area contributed by atoms with Crippen molar-refractivity contribution in [2.75, 3.05) is 0 Å². The molecule has 3 rings (SSSR count). The van der Waals surface area contributed by atoms with E-state index < -0.39 is 5.97 Å². The number of hydrogen-bond donors (Lipinski definition) is 1. The van der Waals surface area contributed by atoms with E-state index in [0.29, 0.717) is 11.7 Å². The molecule has 0 spiro atoms. The Hall–Kier alpha value is -1.32. The summed E-state index contributed by atoms with van der Waals surface area (Å²) in [6.45, 7) is 0. The maximum absolute atomic E-state index is 11.3. The molecular formula is C14H20N2O2. The minimum Gasteiger partial charge on any atom is -0.476 e. The number of rotatable bonds is 2. The molecule has 1 N–H and O–H groups in total. The van der Waals surface area contributed by atoms with Crippen LogP contribution in [0.15, 0.2) is 0 Å². The first-order valence-corrected chi connectivity index (χ1v) is 7.11. The predicted octanol–water partition coefficient (Wildman–Crippen LogP) is 2.97. The van der Waals surface area contributed by atoms with Gasteiger partial charge in [0.2, 0.25) is 0 Å². The van der Waals surface area contributed by atoms with Crippen LogP contribution in [0.4, 0.5) is 0 Å². The number of carbonyl (C=O) groups is 1. The highest BCUT2D eigenvalue weighted by molar-refractivity contribution is 5.87. The van der Waals surface area contributed by atoms with Crippen molar-refractivity contribution in [3.8, 4) is 0 Å². The summed E-state index contributed by atoms with van der Waals surface area (Å²) >= 11 is 0. The van der Waals surface area contributed by atoms with E-state index in [4.69, 9.17) is 0 Å². The van der Waals surface area contributed by atoms with Crippen molar-refractivity contribution in [2.24, 2.45) is 0 Å². The van der Waals surface area contributed by atoms with Crippen molar-refractivity contribution in [1.29, 1.82) is 0 Å². The van der Waals surface area contributed by atoms with Crippen LogP contribution < -0.4 is 0 Å².